The number of anilines is 3. The molecule has 0 fully saturated rings. The summed E-state index contributed by atoms with van der Waals surface area (Å²) in [5.74, 6) is 0. The average Bonchev–Trinajstić information content (AvgIpc) is 2.85. The molecule has 0 heterocycles. The zero-order chi connectivity index (χ0) is 23.0. The van der Waals surface area contributed by atoms with Crippen LogP contribution >= 0.6 is 0 Å². The molecule has 4 rings (SSSR count). The Kier molecular flexibility index (Phi) is 7.59. The van der Waals surface area contributed by atoms with Crippen LogP contribution in [0.2, 0.25) is 0 Å². The second-order valence-electron chi connectivity index (χ2n) is 8.78. The highest BCUT2D eigenvalue weighted by molar-refractivity contribution is 5.78. The maximum Gasteiger partial charge on any atom is 0.0462 e. The van der Waals surface area contributed by atoms with Crippen LogP contribution in [0.5, 0.6) is 0 Å². The van der Waals surface area contributed by atoms with Gasteiger partial charge in [-0.3, -0.25) is 0 Å². The first-order valence-corrected chi connectivity index (χ1v) is 11.9. The number of aliphatic hydroxyl groups is 1. The molecule has 0 aromatic heterocycles. The van der Waals surface area contributed by atoms with Gasteiger partial charge in [0, 0.05) is 23.7 Å². The Morgan fingerprint density at radius 2 is 0.939 bits per heavy atom. The molecular weight excluding hydrogens is 402 g/mol. The summed E-state index contributed by atoms with van der Waals surface area (Å²) in [5, 5.41) is 8.93. The summed E-state index contributed by atoms with van der Waals surface area (Å²) in [6.45, 7) is 4.53. The lowest BCUT2D eigenvalue weighted by Crippen LogP contribution is -2.09. The fourth-order valence-electron chi connectivity index (χ4n) is 4.12. The van der Waals surface area contributed by atoms with Crippen molar-refractivity contribution in [3.05, 3.63) is 114 Å². The first kappa shape index (κ1) is 22.8. The fraction of sp³-hybridized carbons (Fsp3) is 0.226. The van der Waals surface area contributed by atoms with Gasteiger partial charge in [-0.1, -0.05) is 78.2 Å². The van der Waals surface area contributed by atoms with Gasteiger partial charge in [0.1, 0.15) is 0 Å². The lowest BCUT2D eigenvalue weighted by molar-refractivity contribution is 0.283. The monoisotopic (exact) mass is 435 g/mol. The lowest BCUT2D eigenvalue weighted by Gasteiger charge is -2.26. The molecule has 0 unspecified atom stereocenters. The summed E-state index contributed by atoms with van der Waals surface area (Å²) in [7, 11) is 0. The van der Waals surface area contributed by atoms with E-state index in [0.717, 1.165) is 42.7 Å². The van der Waals surface area contributed by atoms with E-state index in [4.69, 9.17) is 5.11 Å². The predicted octanol–water partition coefficient (Wildman–Crippen LogP) is 8.15. The minimum absolute atomic E-state index is 0.292. The molecule has 0 amide bonds. The predicted molar refractivity (Wildman–Crippen MR) is 141 cm³/mol. The second kappa shape index (κ2) is 11.0. The quantitative estimate of drug-likeness (QED) is 0.268. The van der Waals surface area contributed by atoms with Crippen LogP contribution in [0.15, 0.2) is 97.1 Å². The summed E-state index contributed by atoms with van der Waals surface area (Å²) >= 11 is 0. The van der Waals surface area contributed by atoms with Crippen LogP contribution in [0, 0.1) is 13.8 Å². The van der Waals surface area contributed by atoms with Crippen molar-refractivity contribution < 1.29 is 5.11 Å². The van der Waals surface area contributed by atoms with Crippen molar-refractivity contribution in [1.82, 2.24) is 0 Å². The maximum absolute atomic E-state index is 8.93. The molecule has 168 valence electrons. The molecule has 4 aromatic rings. The van der Waals surface area contributed by atoms with Crippen LogP contribution in [0.3, 0.4) is 0 Å². The van der Waals surface area contributed by atoms with E-state index >= 15 is 0 Å². The van der Waals surface area contributed by atoms with Crippen molar-refractivity contribution in [1.29, 1.82) is 0 Å². The third-order valence-corrected chi connectivity index (χ3v) is 6.12. The SMILES string of the molecule is Cc1ccc(N(c2ccc(C)cc2)c2ccc(-c3ccc(CCCCCO)cc3)cc2)cc1. The van der Waals surface area contributed by atoms with E-state index in [1.807, 2.05) is 0 Å². The molecule has 0 aliphatic carbocycles. The largest absolute Gasteiger partial charge is 0.396 e. The zero-order valence-electron chi connectivity index (χ0n) is 19.7. The summed E-state index contributed by atoms with van der Waals surface area (Å²) < 4.78 is 0. The molecule has 2 nitrogen and oxygen atoms in total. The number of benzene rings is 4. The van der Waals surface area contributed by atoms with Gasteiger partial charge in [-0.2, -0.15) is 0 Å². The van der Waals surface area contributed by atoms with Crippen molar-refractivity contribution in [2.45, 2.75) is 39.5 Å². The highest BCUT2D eigenvalue weighted by atomic mass is 16.2. The van der Waals surface area contributed by atoms with Crippen molar-refractivity contribution in [3.8, 4) is 11.1 Å². The number of aliphatic hydroxyl groups excluding tert-OH is 1. The molecule has 4 aromatic carbocycles. The Bertz CT molecular complexity index is 1080. The number of rotatable bonds is 9. The third-order valence-electron chi connectivity index (χ3n) is 6.12. The van der Waals surface area contributed by atoms with Crippen LogP contribution in [-0.4, -0.2) is 11.7 Å². The van der Waals surface area contributed by atoms with Crippen molar-refractivity contribution in [3.63, 3.8) is 0 Å². The fourth-order valence-corrected chi connectivity index (χ4v) is 4.12. The number of unbranched alkanes of at least 4 members (excludes halogenated alkanes) is 2. The number of aryl methyl sites for hydroxylation is 3. The zero-order valence-corrected chi connectivity index (χ0v) is 19.7. The van der Waals surface area contributed by atoms with Gasteiger partial charge in [0.15, 0.2) is 0 Å². The minimum atomic E-state index is 0.292. The van der Waals surface area contributed by atoms with Crippen molar-refractivity contribution in [2.24, 2.45) is 0 Å². The van der Waals surface area contributed by atoms with E-state index in [9.17, 15) is 0 Å². The van der Waals surface area contributed by atoms with E-state index in [0.29, 0.717) is 6.61 Å². The minimum Gasteiger partial charge on any atom is -0.396 e. The summed E-state index contributed by atoms with van der Waals surface area (Å²) in [5.41, 5.74) is 9.79. The van der Waals surface area contributed by atoms with Gasteiger partial charge >= 0.3 is 0 Å². The number of nitrogens with zero attached hydrogens (tertiary/aromatic N) is 1. The molecule has 0 saturated heterocycles. The van der Waals surface area contributed by atoms with Crippen LogP contribution in [0.25, 0.3) is 11.1 Å². The Balaban J connectivity index is 1.56. The van der Waals surface area contributed by atoms with Crippen LogP contribution < -0.4 is 4.90 Å². The van der Waals surface area contributed by atoms with Crippen molar-refractivity contribution in [2.75, 3.05) is 11.5 Å². The molecule has 0 radical (unpaired) electrons. The number of hydrogen-bond acceptors (Lipinski definition) is 2. The Morgan fingerprint density at radius 1 is 0.515 bits per heavy atom. The molecule has 2 heteroatoms. The summed E-state index contributed by atoms with van der Waals surface area (Å²) in [4.78, 5) is 2.30. The van der Waals surface area contributed by atoms with Gasteiger partial charge < -0.3 is 10.0 Å². The van der Waals surface area contributed by atoms with Crippen molar-refractivity contribution >= 4 is 17.1 Å². The standard InChI is InChI=1S/C31H33NO/c1-24-7-17-29(18-8-24)32(30-19-9-25(2)10-20-30)31-21-15-28(16-22-31)27-13-11-26(12-14-27)6-4-3-5-23-33/h7-22,33H,3-6,23H2,1-2H3. The first-order chi connectivity index (χ1) is 16.1. The number of hydrogen-bond donors (Lipinski definition) is 1. The van der Waals surface area contributed by atoms with Crippen LogP contribution in [0.1, 0.15) is 36.0 Å². The van der Waals surface area contributed by atoms with Gasteiger partial charge in [0.2, 0.25) is 0 Å². The molecule has 0 aliphatic heterocycles. The van der Waals surface area contributed by atoms with E-state index in [-0.39, 0.29) is 0 Å². The molecule has 0 aliphatic rings. The highest BCUT2D eigenvalue weighted by Gasteiger charge is 2.12. The van der Waals surface area contributed by atoms with E-state index in [2.05, 4.69) is 116 Å². The summed E-state index contributed by atoms with van der Waals surface area (Å²) in [6, 6.07) is 35.1. The van der Waals surface area contributed by atoms with Gasteiger partial charge in [0.25, 0.3) is 0 Å². The molecule has 33 heavy (non-hydrogen) atoms. The third kappa shape index (κ3) is 5.91. The second-order valence-corrected chi connectivity index (χ2v) is 8.78. The van der Waals surface area contributed by atoms with E-state index < -0.39 is 0 Å². The molecule has 0 bridgehead atoms. The maximum atomic E-state index is 8.93. The van der Waals surface area contributed by atoms with Gasteiger partial charge in [0.05, 0.1) is 0 Å². The Morgan fingerprint density at radius 3 is 1.39 bits per heavy atom. The lowest BCUT2D eigenvalue weighted by atomic mass is 10.0. The molecular formula is C31H33NO. The molecule has 0 saturated carbocycles. The topological polar surface area (TPSA) is 23.5 Å². The normalized spacial score (nSPS) is 10.9. The Hall–Kier alpha value is -3.36. The average molecular weight is 436 g/mol. The molecule has 0 spiro atoms. The molecule has 0 atom stereocenters. The smallest absolute Gasteiger partial charge is 0.0462 e. The van der Waals surface area contributed by atoms with Gasteiger partial charge in [-0.05, 0) is 86.2 Å². The van der Waals surface area contributed by atoms with E-state index in [1.165, 1.54) is 27.8 Å². The van der Waals surface area contributed by atoms with Gasteiger partial charge in [-0.15, -0.1) is 0 Å². The molecule has 1 N–H and O–H groups in total. The van der Waals surface area contributed by atoms with E-state index in [1.54, 1.807) is 0 Å². The van der Waals surface area contributed by atoms with Crippen LogP contribution in [-0.2, 0) is 6.42 Å². The summed E-state index contributed by atoms with van der Waals surface area (Å²) in [6.07, 6.45) is 4.18. The Labute approximate surface area is 198 Å². The first-order valence-electron chi connectivity index (χ1n) is 11.9. The highest BCUT2D eigenvalue weighted by Crippen LogP contribution is 2.35. The van der Waals surface area contributed by atoms with Gasteiger partial charge in [-0.25, -0.2) is 0 Å². The van der Waals surface area contributed by atoms with Crippen LogP contribution in [0.4, 0.5) is 17.1 Å².